The van der Waals surface area contributed by atoms with E-state index >= 15 is 0 Å². The molecule has 0 atom stereocenters. The zero-order valence-electron chi connectivity index (χ0n) is 19.2. The van der Waals surface area contributed by atoms with Crippen LogP contribution in [0.25, 0.3) is 0 Å². The number of aliphatic hydroxyl groups excluding tert-OH is 1. The standard InChI is InChI=1S/C24H41N5O/c1-4-25-24(29-15-13-27(14-16-29)18-20(2)3)26-17-21-5-7-23(8-6-21)28-11-9-22(19-30)10-12-28/h5-8,20,22,30H,4,9-19H2,1-3H3,(H,25,26). The molecule has 0 radical (unpaired) electrons. The van der Waals surface area contributed by atoms with Crippen molar-refractivity contribution in [3.05, 3.63) is 29.8 Å². The van der Waals surface area contributed by atoms with Crippen LogP contribution in [0.4, 0.5) is 5.69 Å². The maximum Gasteiger partial charge on any atom is 0.194 e. The van der Waals surface area contributed by atoms with Gasteiger partial charge in [0.1, 0.15) is 0 Å². The number of hydrogen-bond acceptors (Lipinski definition) is 4. The summed E-state index contributed by atoms with van der Waals surface area (Å²) in [6, 6.07) is 8.87. The van der Waals surface area contributed by atoms with Crippen molar-refractivity contribution in [1.82, 2.24) is 15.1 Å². The van der Waals surface area contributed by atoms with Crippen LogP contribution in [0.15, 0.2) is 29.3 Å². The molecular formula is C24H41N5O. The van der Waals surface area contributed by atoms with Gasteiger partial charge >= 0.3 is 0 Å². The molecule has 168 valence electrons. The molecule has 2 saturated heterocycles. The van der Waals surface area contributed by atoms with Crippen LogP contribution in [-0.2, 0) is 6.54 Å². The summed E-state index contributed by atoms with van der Waals surface area (Å²) in [6.07, 6.45) is 2.16. The van der Waals surface area contributed by atoms with E-state index in [0.29, 0.717) is 19.1 Å². The van der Waals surface area contributed by atoms with Crippen molar-refractivity contribution >= 4 is 11.6 Å². The van der Waals surface area contributed by atoms with Crippen molar-refractivity contribution in [3.8, 4) is 0 Å². The molecule has 0 aromatic heterocycles. The Morgan fingerprint density at radius 2 is 1.73 bits per heavy atom. The number of piperidine rings is 1. The fourth-order valence-corrected chi connectivity index (χ4v) is 4.44. The van der Waals surface area contributed by atoms with E-state index < -0.39 is 0 Å². The van der Waals surface area contributed by atoms with E-state index in [-0.39, 0.29) is 0 Å². The molecule has 0 unspecified atom stereocenters. The van der Waals surface area contributed by atoms with Crippen LogP contribution in [0.3, 0.4) is 0 Å². The van der Waals surface area contributed by atoms with Crippen LogP contribution in [0.2, 0.25) is 0 Å². The highest BCUT2D eigenvalue weighted by Crippen LogP contribution is 2.23. The molecule has 6 heteroatoms. The third-order valence-corrected chi connectivity index (χ3v) is 6.22. The Morgan fingerprint density at radius 1 is 1.07 bits per heavy atom. The molecule has 2 N–H and O–H groups in total. The lowest BCUT2D eigenvalue weighted by Gasteiger charge is -2.37. The van der Waals surface area contributed by atoms with Gasteiger partial charge in [-0.15, -0.1) is 0 Å². The maximum atomic E-state index is 9.33. The van der Waals surface area contributed by atoms with Crippen molar-refractivity contribution in [2.24, 2.45) is 16.8 Å². The molecule has 0 aliphatic carbocycles. The molecule has 3 rings (SSSR count). The van der Waals surface area contributed by atoms with Gasteiger partial charge in [-0.3, -0.25) is 4.90 Å². The molecular weight excluding hydrogens is 374 g/mol. The summed E-state index contributed by atoms with van der Waals surface area (Å²) in [4.78, 5) is 12.3. The monoisotopic (exact) mass is 415 g/mol. The summed E-state index contributed by atoms with van der Waals surface area (Å²) >= 11 is 0. The molecule has 2 aliphatic rings. The van der Waals surface area contributed by atoms with Gasteiger partial charge in [-0.05, 0) is 49.3 Å². The van der Waals surface area contributed by atoms with Crippen LogP contribution in [0.5, 0.6) is 0 Å². The van der Waals surface area contributed by atoms with Gasteiger partial charge in [-0.1, -0.05) is 26.0 Å². The lowest BCUT2D eigenvalue weighted by atomic mass is 9.97. The number of benzene rings is 1. The van der Waals surface area contributed by atoms with Gasteiger partial charge in [0.25, 0.3) is 0 Å². The maximum absolute atomic E-state index is 9.33. The van der Waals surface area contributed by atoms with Crippen molar-refractivity contribution in [1.29, 1.82) is 0 Å². The lowest BCUT2D eigenvalue weighted by Crippen LogP contribution is -2.53. The lowest BCUT2D eigenvalue weighted by molar-refractivity contribution is 0.164. The van der Waals surface area contributed by atoms with E-state index in [0.717, 1.165) is 70.5 Å². The summed E-state index contributed by atoms with van der Waals surface area (Å²) in [5, 5.41) is 12.8. The van der Waals surface area contributed by atoms with Crippen LogP contribution in [0.1, 0.15) is 39.2 Å². The molecule has 6 nitrogen and oxygen atoms in total. The van der Waals surface area contributed by atoms with E-state index in [2.05, 4.69) is 65.1 Å². The smallest absolute Gasteiger partial charge is 0.194 e. The fraction of sp³-hybridized carbons (Fsp3) is 0.708. The molecule has 0 saturated carbocycles. The number of piperazine rings is 1. The van der Waals surface area contributed by atoms with E-state index in [1.807, 2.05) is 0 Å². The molecule has 1 aromatic rings. The second-order valence-electron chi connectivity index (χ2n) is 9.13. The highest BCUT2D eigenvalue weighted by Gasteiger charge is 2.20. The third kappa shape index (κ3) is 6.61. The minimum absolute atomic E-state index is 0.325. The largest absolute Gasteiger partial charge is 0.396 e. The Bertz CT molecular complexity index is 644. The third-order valence-electron chi connectivity index (χ3n) is 6.22. The zero-order chi connectivity index (χ0) is 21.3. The Kier molecular flexibility index (Phi) is 8.82. The quantitative estimate of drug-likeness (QED) is 0.530. The zero-order valence-corrected chi connectivity index (χ0v) is 19.2. The molecule has 2 aliphatic heterocycles. The van der Waals surface area contributed by atoms with E-state index in [4.69, 9.17) is 4.99 Å². The second-order valence-corrected chi connectivity index (χ2v) is 9.13. The van der Waals surface area contributed by atoms with Gasteiger partial charge < -0.3 is 20.2 Å². The number of hydrogen-bond donors (Lipinski definition) is 2. The Morgan fingerprint density at radius 3 is 2.30 bits per heavy atom. The average Bonchev–Trinajstić information content (AvgIpc) is 2.77. The molecule has 0 amide bonds. The Labute approximate surface area is 183 Å². The second kappa shape index (κ2) is 11.6. The normalized spacial score (nSPS) is 19.6. The molecule has 2 heterocycles. The number of aliphatic imine (C=N–C) groups is 1. The summed E-state index contributed by atoms with van der Waals surface area (Å²) in [6.45, 7) is 16.2. The molecule has 30 heavy (non-hydrogen) atoms. The van der Waals surface area contributed by atoms with E-state index in [9.17, 15) is 5.11 Å². The topological polar surface area (TPSA) is 54.3 Å². The first-order valence-corrected chi connectivity index (χ1v) is 11.8. The SMILES string of the molecule is CCNC(=NCc1ccc(N2CCC(CO)CC2)cc1)N1CCN(CC(C)C)CC1. The Balaban J connectivity index is 1.53. The van der Waals surface area contributed by atoms with Gasteiger partial charge in [0, 0.05) is 64.7 Å². The van der Waals surface area contributed by atoms with E-state index in [1.54, 1.807) is 0 Å². The first-order valence-electron chi connectivity index (χ1n) is 11.8. The number of nitrogens with one attached hydrogen (secondary N) is 1. The van der Waals surface area contributed by atoms with Crippen LogP contribution in [0, 0.1) is 11.8 Å². The predicted octanol–water partition coefficient (Wildman–Crippen LogP) is 2.63. The minimum Gasteiger partial charge on any atom is -0.396 e. The molecule has 1 aromatic carbocycles. The van der Waals surface area contributed by atoms with Gasteiger partial charge in [0.15, 0.2) is 5.96 Å². The van der Waals surface area contributed by atoms with Gasteiger partial charge in [0.05, 0.1) is 6.54 Å². The Hall–Kier alpha value is -1.79. The average molecular weight is 416 g/mol. The highest BCUT2D eigenvalue weighted by molar-refractivity contribution is 5.80. The summed E-state index contributed by atoms with van der Waals surface area (Å²) in [7, 11) is 0. The highest BCUT2D eigenvalue weighted by atomic mass is 16.3. The predicted molar refractivity (Wildman–Crippen MR) is 126 cm³/mol. The first-order chi connectivity index (χ1) is 14.6. The first kappa shape index (κ1) is 22.9. The van der Waals surface area contributed by atoms with E-state index in [1.165, 1.54) is 17.8 Å². The number of anilines is 1. The summed E-state index contributed by atoms with van der Waals surface area (Å²) in [5.74, 6) is 2.24. The molecule has 0 spiro atoms. The van der Waals surface area contributed by atoms with Crippen LogP contribution < -0.4 is 10.2 Å². The molecule has 2 fully saturated rings. The van der Waals surface area contributed by atoms with Crippen molar-refractivity contribution < 1.29 is 5.11 Å². The van der Waals surface area contributed by atoms with Crippen LogP contribution in [-0.4, -0.2) is 79.8 Å². The summed E-state index contributed by atoms with van der Waals surface area (Å²) < 4.78 is 0. The van der Waals surface area contributed by atoms with Crippen LogP contribution >= 0.6 is 0 Å². The fourth-order valence-electron chi connectivity index (χ4n) is 4.44. The molecule has 0 bridgehead atoms. The minimum atomic E-state index is 0.325. The van der Waals surface area contributed by atoms with Gasteiger partial charge in [-0.25, -0.2) is 4.99 Å². The van der Waals surface area contributed by atoms with Crippen molar-refractivity contribution in [2.45, 2.75) is 40.2 Å². The number of nitrogens with zero attached hydrogens (tertiary/aromatic N) is 4. The number of aliphatic hydroxyl groups is 1. The van der Waals surface area contributed by atoms with Crippen molar-refractivity contribution in [2.75, 3.05) is 63.9 Å². The van der Waals surface area contributed by atoms with Gasteiger partial charge in [-0.2, -0.15) is 0 Å². The summed E-state index contributed by atoms with van der Waals surface area (Å²) in [5.41, 5.74) is 2.53. The van der Waals surface area contributed by atoms with Crippen molar-refractivity contribution in [3.63, 3.8) is 0 Å². The number of rotatable bonds is 7. The number of guanidine groups is 1. The van der Waals surface area contributed by atoms with Gasteiger partial charge in [0.2, 0.25) is 0 Å².